The van der Waals surface area contributed by atoms with Crippen molar-refractivity contribution in [3.63, 3.8) is 0 Å². The van der Waals surface area contributed by atoms with E-state index in [4.69, 9.17) is 5.26 Å². The molecule has 0 aromatic heterocycles. The Morgan fingerprint density at radius 2 is 1.91 bits per heavy atom. The van der Waals surface area contributed by atoms with Crippen molar-refractivity contribution < 1.29 is 5.11 Å². The van der Waals surface area contributed by atoms with Crippen molar-refractivity contribution in [2.45, 2.75) is 77.0 Å². The number of aliphatic hydroxyl groups excluding tert-OH is 1. The third-order valence-electron chi connectivity index (χ3n) is 5.33. The second kappa shape index (κ2) is 8.86. The molecule has 126 valence electrons. The first kappa shape index (κ1) is 17.7. The molecule has 1 aliphatic carbocycles. The molecule has 0 bridgehead atoms. The van der Waals surface area contributed by atoms with Gasteiger partial charge < -0.3 is 10.4 Å². The van der Waals surface area contributed by atoms with Crippen molar-refractivity contribution in [1.29, 1.82) is 5.26 Å². The van der Waals surface area contributed by atoms with Gasteiger partial charge in [-0.1, -0.05) is 33.1 Å². The van der Waals surface area contributed by atoms with Crippen LogP contribution in [0.2, 0.25) is 0 Å². The second-order valence-electron chi connectivity index (χ2n) is 7.70. The lowest BCUT2D eigenvalue weighted by Gasteiger charge is -2.40. The first-order chi connectivity index (χ1) is 10.6. The molecule has 3 atom stereocenters. The van der Waals surface area contributed by atoms with Gasteiger partial charge in [0, 0.05) is 25.2 Å². The normalized spacial score (nSPS) is 29.4. The second-order valence-corrected chi connectivity index (χ2v) is 7.70. The molecule has 2 rings (SSSR count). The van der Waals surface area contributed by atoms with E-state index in [0.29, 0.717) is 30.5 Å². The van der Waals surface area contributed by atoms with Crippen LogP contribution < -0.4 is 5.32 Å². The van der Waals surface area contributed by atoms with Gasteiger partial charge in [0.15, 0.2) is 0 Å². The van der Waals surface area contributed by atoms with Crippen molar-refractivity contribution in [3.8, 4) is 6.07 Å². The van der Waals surface area contributed by atoms with E-state index in [9.17, 15) is 5.11 Å². The molecule has 2 aliphatic rings. The Balaban J connectivity index is 1.89. The summed E-state index contributed by atoms with van der Waals surface area (Å²) >= 11 is 0. The highest BCUT2D eigenvalue weighted by atomic mass is 16.3. The average Bonchev–Trinajstić information content (AvgIpc) is 2.48. The summed E-state index contributed by atoms with van der Waals surface area (Å²) in [6.45, 7) is 6.62. The smallest absolute Gasteiger partial charge is 0.0866 e. The van der Waals surface area contributed by atoms with Crippen LogP contribution in [0.1, 0.15) is 58.8 Å². The van der Waals surface area contributed by atoms with Crippen LogP contribution in [0.3, 0.4) is 0 Å². The fraction of sp³-hybridized carbons (Fsp3) is 0.944. The third kappa shape index (κ3) is 5.53. The van der Waals surface area contributed by atoms with Crippen molar-refractivity contribution in [1.82, 2.24) is 10.2 Å². The molecule has 0 amide bonds. The summed E-state index contributed by atoms with van der Waals surface area (Å²) in [5, 5.41) is 23.1. The Bertz CT molecular complexity index is 360. The summed E-state index contributed by atoms with van der Waals surface area (Å²) < 4.78 is 0. The van der Waals surface area contributed by atoms with Gasteiger partial charge in [0.1, 0.15) is 0 Å². The molecule has 1 aliphatic heterocycles. The maximum Gasteiger partial charge on any atom is 0.0866 e. The van der Waals surface area contributed by atoms with E-state index in [2.05, 4.69) is 30.1 Å². The van der Waals surface area contributed by atoms with E-state index in [1.165, 1.54) is 32.1 Å². The van der Waals surface area contributed by atoms with Crippen LogP contribution in [0.25, 0.3) is 0 Å². The van der Waals surface area contributed by atoms with Gasteiger partial charge in [0.2, 0.25) is 0 Å². The number of nitrogens with zero attached hydrogens (tertiary/aromatic N) is 2. The van der Waals surface area contributed by atoms with Crippen LogP contribution in [0.4, 0.5) is 0 Å². The number of aliphatic hydroxyl groups is 1. The SMILES string of the molecule is CC(C)C(O)CC1CC(NC2CCCCC2)CN(CC#N)C1. The van der Waals surface area contributed by atoms with Gasteiger partial charge >= 0.3 is 0 Å². The topological polar surface area (TPSA) is 59.3 Å². The van der Waals surface area contributed by atoms with Crippen LogP contribution in [-0.4, -0.2) is 47.8 Å². The molecule has 0 aromatic rings. The summed E-state index contributed by atoms with van der Waals surface area (Å²) in [5.41, 5.74) is 0. The molecule has 1 saturated carbocycles. The lowest BCUT2D eigenvalue weighted by Crippen LogP contribution is -2.52. The molecule has 1 saturated heterocycles. The first-order valence-corrected chi connectivity index (χ1v) is 9.12. The van der Waals surface area contributed by atoms with Crippen molar-refractivity contribution in [2.24, 2.45) is 11.8 Å². The van der Waals surface area contributed by atoms with Gasteiger partial charge in [0.25, 0.3) is 0 Å². The highest BCUT2D eigenvalue weighted by molar-refractivity contribution is 4.90. The minimum atomic E-state index is -0.220. The van der Waals surface area contributed by atoms with Gasteiger partial charge in [-0.3, -0.25) is 4.90 Å². The number of rotatable bonds is 6. The molecule has 2 N–H and O–H groups in total. The van der Waals surface area contributed by atoms with Crippen LogP contribution in [0.15, 0.2) is 0 Å². The molecule has 0 aromatic carbocycles. The van der Waals surface area contributed by atoms with Gasteiger partial charge in [-0.05, 0) is 37.5 Å². The molecule has 4 heteroatoms. The number of hydrogen-bond donors (Lipinski definition) is 2. The number of nitriles is 1. The largest absolute Gasteiger partial charge is 0.393 e. The van der Waals surface area contributed by atoms with Gasteiger partial charge in [-0.2, -0.15) is 5.26 Å². The summed E-state index contributed by atoms with van der Waals surface area (Å²) in [5.74, 6) is 0.816. The Morgan fingerprint density at radius 3 is 2.55 bits per heavy atom. The predicted octanol–water partition coefficient (Wildman–Crippen LogP) is 2.53. The molecule has 22 heavy (non-hydrogen) atoms. The summed E-state index contributed by atoms with van der Waals surface area (Å²) in [7, 11) is 0. The molecule has 4 nitrogen and oxygen atoms in total. The molecule has 3 unspecified atom stereocenters. The first-order valence-electron chi connectivity index (χ1n) is 9.12. The zero-order chi connectivity index (χ0) is 15.9. The minimum Gasteiger partial charge on any atom is -0.393 e. The van der Waals surface area contributed by atoms with Crippen LogP contribution in [0, 0.1) is 23.2 Å². The van der Waals surface area contributed by atoms with Gasteiger partial charge in [-0.25, -0.2) is 0 Å². The Morgan fingerprint density at radius 1 is 1.18 bits per heavy atom. The summed E-state index contributed by atoms with van der Waals surface area (Å²) in [6.07, 6.45) is 8.46. The van der Waals surface area contributed by atoms with Crippen molar-refractivity contribution >= 4 is 0 Å². The van der Waals surface area contributed by atoms with Gasteiger partial charge in [0.05, 0.1) is 18.7 Å². The van der Waals surface area contributed by atoms with E-state index in [1.54, 1.807) is 0 Å². The monoisotopic (exact) mass is 307 g/mol. The van der Waals surface area contributed by atoms with Crippen LogP contribution in [-0.2, 0) is 0 Å². The Hall–Kier alpha value is -0.630. The maximum absolute atomic E-state index is 10.2. The molecular weight excluding hydrogens is 274 g/mol. The number of nitrogens with one attached hydrogen (secondary N) is 1. The maximum atomic E-state index is 10.2. The third-order valence-corrected chi connectivity index (χ3v) is 5.33. The standard InChI is InChI=1S/C18H33N3O/c1-14(2)18(22)11-15-10-17(13-21(12-15)9-8-19)20-16-6-4-3-5-7-16/h14-18,20,22H,3-7,9-13H2,1-2H3. The Kier molecular flexibility index (Phi) is 7.14. The molecule has 0 spiro atoms. The minimum absolute atomic E-state index is 0.220. The zero-order valence-electron chi connectivity index (χ0n) is 14.3. The highest BCUT2D eigenvalue weighted by Gasteiger charge is 2.30. The van der Waals surface area contributed by atoms with E-state index in [0.717, 1.165) is 25.9 Å². The summed E-state index contributed by atoms with van der Waals surface area (Å²) in [4.78, 5) is 2.27. The average molecular weight is 307 g/mol. The lowest BCUT2D eigenvalue weighted by atomic mass is 9.86. The van der Waals surface area contributed by atoms with Gasteiger partial charge in [-0.15, -0.1) is 0 Å². The Labute approximate surface area is 135 Å². The van der Waals surface area contributed by atoms with E-state index in [1.807, 2.05) is 0 Å². The lowest BCUT2D eigenvalue weighted by molar-refractivity contribution is 0.0629. The van der Waals surface area contributed by atoms with Crippen molar-refractivity contribution in [2.75, 3.05) is 19.6 Å². The van der Waals surface area contributed by atoms with Crippen LogP contribution >= 0.6 is 0 Å². The molecule has 2 fully saturated rings. The molecule has 1 heterocycles. The number of piperidine rings is 1. The molecule has 0 radical (unpaired) electrons. The number of likely N-dealkylation sites (tertiary alicyclic amines) is 1. The van der Waals surface area contributed by atoms with E-state index in [-0.39, 0.29) is 6.10 Å². The van der Waals surface area contributed by atoms with Crippen molar-refractivity contribution in [3.05, 3.63) is 0 Å². The van der Waals surface area contributed by atoms with Crippen LogP contribution in [0.5, 0.6) is 0 Å². The summed E-state index contributed by atoms with van der Waals surface area (Å²) in [6, 6.07) is 3.44. The van der Waals surface area contributed by atoms with E-state index >= 15 is 0 Å². The quantitative estimate of drug-likeness (QED) is 0.740. The highest BCUT2D eigenvalue weighted by Crippen LogP contribution is 2.25. The fourth-order valence-corrected chi connectivity index (χ4v) is 4.04. The van der Waals surface area contributed by atoms with E-state index < -0.39 is 0 Å². The number of hydrogen-bond acceptors (Lipinski definition) is 4. The molecular formula is C18H33N3O. The fourth-order valence-electron chi connectivity index (χ4n) is 4.04. The zero-order valence-corrected chi connectivity index (χ0v) is 14.3. The predicted molar refractivity (Wildman–Crippen MR) is 89.4 cm³/mol.